The number of hydrogen-bond donors (Lipinski definition) is 2. The first kappa shape index (κ1) is 15.1. The van der Waals surface area contributed by atoms with Crippen LogP contribution in [-0.2, 0) is 17.0 Å². The number of aryl methyl sites for hydroxylation is 1. The van der Waals surface area contributed by atoms with Crippen molar-refractivity contribution in [3.63, 3.8) is 0 Å². The number of carboxylic acids is 1. The summed E-state index contributed by atoms with van der Waals surface area (Å²) in [5.41, 5.74) is 1.07. The highest BCUT2D eigenvalue weighted by Gasteiger charge is 2.20. The molecule has 0 bridgehead atoms. The molecule has 1 unspecified atom stereocenters. The molecule has 1 aliphatic rings. The molecule has 0 aliphatic carbocycles. The van der Waals surface area contributed by atoms with Gasteiger partial charge in [0, 0.05) is 24.2 Å². The summed E-state index contributed by atoms with van der Waals surface area (Å²) in [5, 5.41) is 12.2. The molecule has 2 amide bonds. The second-order valence-electron chi connectivity index (χ2n) is 4.74. The molecule has 2 rings (SSSR count). The first-order chi connectivity index (χ1) is 9.47. The Morgan fingerprint density at radius 1 is 1.55 bits per heavy atom. The van der Waals surface area contributed by atoms with E-state index in [0.717, 1.165) is 23.6 Å². The van der Waals surface area contributed by atoms with Gasteiger partial charge in [-0.25, -0.2) is 9.78 Å². The fourth-order valence-corrected chi connectivity index (χ4v) is 3.95. The Bertz CT molecular complexity index is 495. The number of hydrogen-bond acceptors (Lipinski definition) is 5. The fraction of sp³-hybridized carbons (Fsp3) is 0.583. The molecule has 110 valence electrons. The number of thiazole rings is 1. The molecule has 0 radical (unpaired) electrons. The number of amides is 2. The smallest absolute Gasteiger partial charge is 0.323 e. The van der Waals surface area contributed by atoms with E-state index in [1.165, 1.54) is 21.1 Å². The molecule has 2 N–H and O–H groups in total. The standard InChI is InChI=1S/C12H17N3O3S2/c1-7(10(16)17)5-15(2)12(18)14-11-13-8-3-4-19-6-9(8)20-11/h7H,3-6H2,1-2H3,(H,16,17)(H,13,14,18). The maximum absolute atomic E-state index is 12.0. The number of anilines is 1. The molecule has 0 saturated carbocycles. The Morgan fingerprint density at radius 3 is 2.95 bits per heavy atom. The number of nitrogens with one attached hydrogen (secondary N) is 1. The Morgan fingerprint density at radius 2 is 2.30 bits per heavy atom. The maximum Gasteiger partial charge on any atom is 0.323 e. The molecule has 0 aromatic carbocycles. The SMILES string of the molecule is CC(CN(C)C(=O)Nc1nc2c(s1)CSCC2)C(=O)O. The summed E-state index contributed by atoms with van der Waals surface area (Å²) in [6, 6.07) is -0.322. The first-order valence-corrected chi connectivity index (χ1v) is 8.25. The lowest BCUT2D eigenvalue weighted by Gasteiger charge is -2.19. The topological polar surface area (TPSA) is 82.5 Å². The molecule has 8 heteroatoms. The van der Waals surface area contributed by atoms with Crippen LogP contribution in [0.3, 0.4) is 0 Å². The number of nitrogens with zero attached hydrogens (tertiary/aromatic N) is 2. The Balaban J connectivity index is 1.93. The van der Waals surface area contributed by atoms with Crippen molar-refractivity contribution >= 4 is 40.2 Å². The number of urea groups is 1. The molecule has 6 nitrogen and oxygen atoms in total. The van der Waals surface area contributed by atoms with Gasteiger partial charge in [0.05, 0.1) is 11.6 Å². The normalized spacial score (nSPS) is 15.3. The van der Waals surface area contributed by atoms with Gasteiger partial charge < -0.3 is 10.0 Å². The van der Waals surface area contributed by atoms with Crippen molar-refractivity contribution in [3.8, 4) is 0 Å². The van der Waals surface area contributed by atoms with Gasteiger partial charge in [-0.3, -0.25) is 10.1 Å². The summed E-state index contributed by atoms with van der Waals surface area (Å²) in [5.74, 6) is 0.521. The van der Waals surface area contributed by atoms with Crippen LogP contribution in [0.5, 0.6) is 0 Å². The van der Waals surface area contributed by atoms with Crippen molar-refractivity contribution in [1.82, 2.24) is 9.88 Å². The highest BCUT2D eigenvalue weighted by atomic mass is 32.2. The summed E-state index contributed by atoms with van der Waals surface area (Å²) >= 11 is 3.37. The maximum atomic E-state index is 12.0. The van der Waals surface area contributed by atoms with Gasteiger partial charge in [-0.1, -0.05) is 6.92 Å². The summed E-state index contributed by atoms with van der Waals surface area (Å²) in [6.45, 7) is 1.74. The lowest BCUT2D eigenvalue weighted by atomic mass is 10.2. The molecule has 1 aromatic heterocycles. The van der Waals surface area contributed by atoms with Gasteiger partial charge in [0.15, 0.2) is 5.13 Å². The van der Waals surface area contributed by atoms with Crippen LogP contribution in [0.1, 0.15) is 17.5 Å². The molecule has 0 fully saturated rings. The van der Waals surface area contributed by atoms with Crippen LogP contribution in [0, 0.1) is 5.92 Å². The van der Waals surface area contributed by atoms with Crippen LogP contribution >= 0.6 is 23.1 Å². The monoisotopic (exact) mass is 315 g/mol. The van der Waals surface area contributed by atoms with E-state index in [4.69, 9.17) is 5.11 Å². The second kappa shape index (κ2) is 6.45. The Kier molecular flexibility index (Phi) is 4.87. The van der Waals surface area contributed by atoms with E-state index in [1.54, 1.807) is 14.0 Å². The van der Waals surface area contributed by atoms with E-state index >= 15 is 0 Å². The zero-order valence-electron chi connectivity index (χ0n) is 11.4. The van der Waals surface area contributed by atoms with E-state index in [9.17, 15) is 9.59 Å². The van der Waals surface area contributed by atoms with Gasteiger partial charge in [0.2, 0.25) is 0 Å². The van der Waals surface area contributed by atoms with Gasteiger partial charge >= 0.3 is 12.0 Å². The van der Waals surface area contributed by atoms with Gasteiger partial charge in [0.25, 0.3) is 0 Å². The molecule has 2 heterocycles. The van der Waals surface area contributed by atoms with Crippen LogP contribution in [0.4, 0.5) is 9.93 Å². The molecule has 20 heavy (non-hydrogen) atoms. The Hall–Kier alpha value is -1.28. The van der Waals surface area contributed by atoms with Crippen LogP contribution < -0.4 is 5.32 Å². The molecular formula is C12H17N3O3S2. The number of carbonyl (C=O) groups is 2. The largest absolute Gasteiger partial charge is 0.481 e. The zero-order valence-corrected chi connectivity index (χ0v) is 13.0. The minimum atomic E-state index is -0.911. The van der Waals surface area contributed by atoms with Crippen molar-refractivity contribution in [2.45, 2.75) is 19.1 Å². The van der Waals surface area contributed by atoms with E-state index < -0.39 is 11.9 Å². The quantitative estimate of drug-likeness (QED) is 0.889. The van der Waals surface area contributed by atoms with Crippen molar-refractivity contribution in [1.29, 1.82) is 0 Å². The van der Waals surface area contributed by atoms with Gasteiger partial charge in [0.1, 0.15) is 0 Å². The van der Waals surface area contributed by atoms with E-state index in [-0.39, 0.29) is 12.6 Å². The molecule has 0 saturated heterocycles. The number of carbonyl (C=O) groups excluding carboxylic acids is 1. The number of fused-ring (bicyclic) bond motifs is 1. The zero-order chi connectivity index (χ0) is 14.7. The van der Waals surface area contributed by atoms with E-state index in [1.807, 2.05) is 11.8 Å². The second-order valence-corrected chi connectivity index (χ2v) is 6.93. The highest BCUT2D eigenvalue weighted by Crippen LogP contribution is 2.31. The van der Waals surface area contributed by atoms with Crippen molar-refractivity contribution < 1.29 is 14.7 Å². The summed E-state index contributed by atoms with van der Waals surface area (Å²) < 4.78 is 0. The third-order valence-electron chi connectivity index (χ3n) is 3.02. The van der Waals surface area contributed by atoms with Crippen molar-refractivity contribution in [2.24, 2.45) is 5.92 Å². The molecular weight excluding hydrogens is 298 g/mol. The lowest BCUT2D eigenvalue weighted by Crippen LogP contribution is -2.36. The number of rotatable bonds is 4. The summed E-state index contributed by atoms with van der Waals surface area (Å²) in [6.07, 6.45) is 0.943. The average molecular weight is 315 g/mol. The number of aromatic nitrogens is 1. The van der Waals surface area contributed by atoms with Crippen molar-refractivity contribution in [2.75, 3.05) is 24.7 Å². The predicted molar refractivity (Wildman–Crippen MR) is 80.4 cm³/mol. The van der Waals surface area contributed by atoms with Crippen LogP contribution in [0.2, 0.25) is 0 Å². The van der Waals surface area contributed by atoms with E-state index in [0.29, 0.717) is 5.13 Å². The van der Waals surface area contributed by atoms with Crippen LogP contribution in [-0.4, -0.2) is 46.3 Å². The average Bonchev–Trinajstić information content (AvgIpc) is 2.80. The number of aliphatic carboxylic acids is 1. The van der Waals surface area contributed by atoms with Gasteiger partial charge in [-0.05, 0) is 12.2 Å². The van der Waals surface area contributed by atoms with Crippen molar-refractivity contribution in [3.05, 3.63) is 10.6 Å². The Labute approximate surface area is 125 Å². The third kappa shape index (κ3) is 3.63. The lowest BCUT2D eigenvalue weighted by molar-refractivity contribution is -0.141. The summed E-state index contributed by atoms with van der Waals surface area (Å²) in [7, 11) is 1.58. The third-order valence-corrected chi connectivity index (χ3v) is 5.21. The van der Waals surface area contributed by atoms with Gasteiger partial charge in [-0.2, -0.15) is 11.8 Å². The van der Waals surface area contributed by atoms with E-state index in [2.05, 4.69) is 10.3 Å². The van der Waals surface area contributed by atoms with Crippen LogP contribution in [0.25, 0.3) is 0 Å². The van der Waals surface area contributed by atoms with Gasteiger partial charge in [-0.15, -0.1) is 11.3 Å². The minimum Gasteiger partial charge on any atom is -0.481 e. The van der Waals surface area contributed by atoms with Crippen LogP contribution in [0.15, 0.2) is 0 Å². The number of carboxylic acid groups (broad SMARTS) is 1. The predicted octanol–water partition coefficient (Wildman–Crippen LogP) is 2.12. The molecule has 0 spiro atoms. The highest BCUT2D eigenvalue weighted by molar-refractivity contribution is 7.98. The number of thioether (sulfide) groups is 1. The summed E-state index contributed by atoms with van der Waals surface area (Å²) in [4.78, 5) is 29.8. The fourth-order valence-electron chi connectivity index (χ4n) is 1.84. The molecule has 1 aliphatic heterocycles. The molecule has 1 aromatic rings. The first-order valence-electron chi connectivity index (χ1n) is 6.28. The minimum absolute atomic E-state index is 0.169. The molecule has 1 atom stereocenters.